The van der Waals surface area contributed by atoms with Crippen LogP contribution in [0.5, 0.6) is 0 Å². The van der Waals surface area contributed by atoms with Gasteiger partial charge in [0, 0.05) is 6.07 Å². The minimum atomic E-state index is -0.668. The highest BCUT2D eigenvalue weighted by Gasteiger charge is 2.46. The summed E-state index contributed by atoms with van der Waals surface area (Å²) in [5.74, 6) is 0.223. The maximum Gasteiger partial charge on any atom is 0.263 e. The van der Waals surface area contributed by atoms with Crippen LogP contribution in [0.4, 0.5) is 0 Å². The lowest BCUT2D eigenvalue weighted by molar-refractivity contribution is -0.174. The zero-order chi connectivity index (χ0) is 13.9. The number of hydrogen-bond donors (Lipinski definition) is 1. The van der Waals surface area contributed by atoms with Crippen LogP contribution in [0.15, 0.2) is 23.0 Å². The van der Waals surface area contributed by atoms with Crippen molar-refractivity contribution in [2.75, 3.05) is 0 Å². The minimum absolute atomic E-state index is 0.244. The zero-order valence-corrected chi connectivity index (χ0v) is 10.9. The molecule has 0 bridgehead atoms. The van der Waals surface area contributed by atoms with E-state index < -0.39 is 12.1 Å². The van der Waals surface area contributed by atoms with Crippen molar-refractivity contribution >= 4 is 11.4 Å². The first-order valence-corrected chi connectivity index (χ1v) is 6.21. The molecule has 0 radical (unpaired) electrons. The third kappa shape index (κ3) is 1.65. The van der Waals surface area contributed by atoms with Gasteiger partial charge in [-0.15, -0.1) is 10.2 Å². The molecule has 104 valence electrons. The fourth-order valence-corrected chi connectivity index (χ4v) is 2.37. The van der Waals surface area contributed by atoms with Crippen molar-refractivity contribution in [3.63, 3.8) is 0 Å². The van der Waals surface area contributed by atoms with Crippen molar-refractivity contribution in [2.45, 2.75) is 32.0 Å². The number of rotatable bonds is 1. The number of hydrogen-bond acceptors (Lipinski definition) is 6. The molecule has 0 aliphatic carbocycles. The van der Waals surface area contributed by atoms with Gasteiger partial charge < -0.3 is 14.2 Å². The molecule has 0 saturated carbocycles. The molecule has 0 unspecified atom stereocenters. The summed E-state index contributed by atoms with van der Waals surface area (Å²) >= 11 is 0. The lowest BCUT2D eigenvalue weighted by Gasteiger charge is -2.17. The monoisotopic (exact) mass is 276 g/mol. The zero-order valence-electron chi connectivity index (χ0n) is 10.9. The molecule has 0 aromatic carbocycles. The van der Waals surface area contributed by atoms with Crippen LogP contribution in [0, 0.1) is 0 Å². The van der Waals surface area contributed by atoms with Crippen molar-refractivity contribution < 1.29 is 14.2 Å². The Morgan fingerprint density at radius 3 is 2.95 bits per heavy atom. The summed E-state index contributed by atoms with van der Waals surface area (Å²) in [6.45, 7) is 3.65. The average molecular weight is 276 g/mol. The molecule has 4 rings (SSSR count). The number of nitrogens with zero attached hydrogens (tertiary/aromatic N) is 3. The Bertz CT molecular complexity index is 775. The van der Waals surface area contributed by atoms with E-state index in [0.717, 1.165) is 0 Å². The first-order valence-electron chi connectivity index (χ1n) is 6.21. The molecule has 1 saturated heterocycles. The van der Waals surface area contributed by atoms with E-state index in [2.05, 4.69) is 15.3 Å². The first-order chi connectivity index (χ1) is 9.52. The van der Waals surface area contributed by atoms with Gasteiger partial charge in [-0.05, 0) is 26.0 Å². The van der Waals surface area contributed by atoms with Gasteiger partial charge in [0.1, 0.15) is 6.10 Å². The molecule has 8 heteroatoms. The number of aromatic nitrogens is 4. The molecule has 1 fully saturated rings. The Kier molecular flexibility index (Phi) is 2.14. The van der Waals surface area contributed by atoms with Crippen LogP contribution in [0.2, 0.25) is 0 Å². The van der Waals surface area contributed by atoms with Gasteiger partial charge in [-0.1, -0.05) is 0 Å². The molecule has 2 aromatic rings. The van der Waals surface area contributed by atoms with E-state index in [1.807, 2.05) is 13.8 Å². The molecule has 20 heavy (non-hydrogen) atoms. The molecular weight excluding hydrogens is 264 g/mol. The van der Waals surface area contributed by atoms with Gasteiger partial charge in [0.15, 0.2) is 17.2 Å². The van der Waals surface area contributed by atoms with Gasteiger partial charge >= 0.3 is 0 Å². The van der Waals surface area contributed by atoms with Crippen LogP contribution in [0.25, 0.3) is 11.4 Å². The number of fused-ring (bicyclic) bond motifs is 2. The molecule has 2 aromatic heterocycles. The molecule has 1 N–H and O–H groups in total. The normalized spacial score (nSPS) is 27.4. The van der Waals surface area contributed by atoms with Crippen LogP contribution in [0.1, 0.15) is 19.7 Å². The van der Waals surface area contributed by atoms with E-state index in [9.17, 15) is 4.79 Å². The highest BCUT2D eigenvalue weighted by molar-refractivity contribution is 5.58. The predicted molar refractivity (Wildman–Crippen MR) is 66.5 cm³/mol. The Morgan fingerprint density at radius 2 is 2.15 bits per heavy atom. The second-order valence-electron chi connectivity index (χ2n) is 5.14. The Balaban J connectivity index is 1.75. The van der Waals surface area contributed by atoms with E-state index in [1.54, 1.807) is 12.1 Å². The topological polar surface area (TPSA) is 90.7 Å². The third-order valence-corrected chi connectivity index (χ3v) is 3.16. The number of H-pyrrole nitrogens is 1. The van der Waals surface area contributed by atoms with Gasteiger partial charge in [0.25, 0.3) is 5.56 Å². The summed E-state index contributed by atoms with van der Waals surface area (Å²) < 4.78 is 18.4. The molecule has 4 heterocycles. The number of aromatic amines is 1. The highest BCUT2D eigenvalue weighted by Crippen LogP contribution is 2.37. The first kappa shape index (κ1) is 11.6. The van der Waals surface area contributed by atoms with E-state index in [-0.39, 0.29) is 11.7 Å². The van der Waals surface area contributed by atoms with Crippen molar-refractivity contribution in [1.82, 2.24) is 19.8 Å². The highest BCUT2D eigenvalue weighted by atomic mass is 16.8. The van der Waals surface area contributed by atoms with E-state index in [1.165, 1.54) is 10.6 Å². The van der Waals surface area contributed by atoms with Gasteiger partial charge in [0.05, 0.1) is 0 Å². The summed E-state index contributed by atoms with van der Waals surface area (Å²) in [6.07, 6.45) is 0.992. The van der Waals surface area contributed by atoms with Gasteiger partial charge in [-0.2, -0.15) is 0 Å². The Morgan fingerprint density at radius 1 is 1.30 bits per heavy atom. The summed E-state index contributed by atoms with van der Waals surface area (Å²) in [6, 6.07) is 2.98. The summed E-state index contributed by atoms with van der Waals surface area (Å²) in [5, 5.41) is 10.6. The largest absolute Gasteiger partial charge is 0.458 e. The SMILES string of the molecule is CC1(C)O[C@H]2OC(c3nnc4ccc(=O)[nH]n34)=C[C@H]2O1. The second kappa shape index (κ2) is 3.68. The fourth-order valence-electron chi connectivity index (χ4n) is 2.37. The lowest BCUT2D eigenvalue weighted by atomic mass is 10.3. The molecule has 0 amide bonds. The van der Waals surface area contributed by atoms with Crippen molar-refractivity contribution in [2.24, 2.45) is 0 Å². The van der Waals surface area contributed by atoms with Crippen LogP contribution < -0.4 is 5.56 Å². The summed E-state index contributed by atoms with van der Waals surface area (Å²) in [4.78, 5) is 11.4. The summed E-state index contributed by atoms with van der Waals surface area (Å²) in [5.41, 5.74) is 0.286. The second-order valence-corrected chi connectivity index (χ2v) is 5.14. The molecule has 2 aliphatic rings. The smallest absolute Gasteiger partial charge is 0.263 e. The van der Waals surface area contributed by atoms with Gasteiger partial charge in [0.2, 0.25) is 12.1 Å². The van der Waals surface area contributed by atoms with Crippen LogP contribution in [-0.4, -0.2) is 38.0 Å². The van der Waals surface area contributed by atoms with E-state index in [4.69, 9.17) is 14.2 Å². The molecule has 2 atom stereocenters. The van der Waals surface area contributed by atoms with Crippen LogP contribution in [0.3, 0.4) is 0 Å². The number of ether oxygens (including phenoxy) is 3. The standard InChI is InChI=1S/C12H12N4O4/c1-12(2)19-7-5-6(18-11(7)20-12)10-14-13-8-3-4-9(17)15-16(8)10/h3-5,7,11H,1-2H3,(H,15,17)/t7-,11-/m1/s1. The van der Waals surface area contributed by atoms with Gasteiger partial charge in [-0.3, -0.25) is 9.89 Å². The average Bonchev–Trinajstić information content (AvgIpc) is 2.98. The molecule has 0 spiro atoms. The van der Waals surface area contributed by atoms with Crippen LogP contribution in [-0.2, 0) is 14.2 Å². The lowest BCUT2D eigenvalue weighted by Crippen LogP contribution is -2.22. The Hall–Kier alpha value is -2.19. The van der Waals surface area contributed by atoms with E-state index >= 15 is 0 Å². The van der Waals surface area contributed by atoms with E-state index in [0.29, 0.717) is 17.2 Å². The van der Waals surface area contributed by atoms with Crippen molar-refractivity contribution in [3.8, 4) is 0 Å². The van der Waals surface area contributed by atoms with Crippen molar-refractivity contribution in [3.05, 3.63) is 34.4 Å². The fraction of sp³-hybridized carbons (Fsp3) is 0.417. The van der Waals surface area contributed by atoms with Gasteiger partial charge in [-0.25, -0.2) is 4.52 Å². The maximum atomic E-state index is 11.4. The van der Waals surface area contributed by atoms with Crippen LogP contribution >= 0.6 is 0 Å². The third-order valence-electron chi connectivity index (χ3n) is 3.16. The number of nitrogens with one attached hydrogen (secondary N) is 1. The molecule has 2 aliphatic heterocycles. The minimum Gasteiger partial charge on any atom is -0.458 e. The van der Waals surface area contributed by atoms with Crippen molar-refractivity contribution in [1.29, 1.82) is 0 Å². The Labute approximate surface area is 113 Å². The molecule has 8 nitrogen and oxygen atoms in total. The predicted octanol–water partition coefficient (Wildman–Crippen LogP) is 0.266. The maximum absolute atomic E-state index is 11.4. The summed E-state index contributed by atoms with van der Waals surface area (Å²) in [7, 11) is 0. The molecular formula is C12H12N4O4. The quantitative estimate of drug-likeness (QED) is 0.803.